The standard InChI is InChI=1S/C15H22N4O2/c1-11-9-13-16-17-14(10-21-2)19(13)8-7-18(11)15(20)12-5-3-4-6-12/h5,11H,3-4,6-10H2,1-2H3/t11-/m1/s1. The molecule has 0 spiro atoms. The van der Waals surface area contributed by atoms with E-state index in [1.54, 1.807) is 7.11 Å². The van der Waals surface area contributed by atoms with Crippen molar-refractivity contribution in [2.45, 2.75) is 51.8 Å². The Morgan fingerprint density at radius 3 is 3.00 bits per heavy atom. The molecule has 21 heavy (non-hydrogen) atoms. The van der Waals surface area contributed by atoms with Gasteiger partial charge in [-0.05, 0) is 26.2 Å². The fourth-order valence-electron chi connectivity index (χ4n) is 3.17. The number of aromatic nitrogens is 3. The number of methoxy groups -OCH3 is 1. The molecule has 0 radical (unpaired) electrons. The van der Waals surface area contributed by atoms with Crippen LogP contribution in [0.2, 0.25) is 0 Å². The van der Waals surface area contributed by atoms with Gasteiger partial charge < -0.3 is 14.2 Å². The largest absolute Gasteiger partial charge is 0.377 e. The summed E-state index contributed by atoms with van der Waals surface area (Å²) in [5, 5.41) is 8.44. The Morgan fingerprint density at radius 1 is 1.43 bits per heavy atom. The Morgan fingerprint density at radius 2 is 2.29 bits per heavy atom. The minimum Gasteiger partial charge on any atom is -0.377 e. The van der Waals surface area contributed by atoms with Gasteiger partial charge in [0.2, 0.25) is 5.91 Å². The van der Waals surface area contributed by atoms with Gasteiger partial charge >= 0.3 is 0 Å². The van der Waals surface area contributed by atoms with Gasteiger partial charge in [-0.25, -0.2) is 0 Å². The number of fused-ring (bicyclic) bond motifs is 1. The second-order valence-electron chi connectivity index (χ2n) is 5.79. The highest BCUT2D eigenvalue weighted by Gasteiger charge is 2.29. The number of carbonyl (C=O) groups excluding carboxylic acids is 1. The van der Waals surface area contributed by atoms with E-state index in [1.165, 1.54) is 0 Å². The molecule has 1 aliphatic carbocycles. The third kappa shape index (κ3) is 2.72. The summed E-state index contributed by atoms with van der Waals surface area (Å²) in [6, 6.07) is 0.153. The van der Waals surface area contributed by atoms with E-state index < -0.39 is 0 Å². The summed E-state index contributed by atoms with van der Waals surface area (Å²) in [5.41, 5.74) is 0.983. The molecule has 1 aromatic heterocycles. The van der Waals surface area contributed by atoms with E-state index >= 15 is 0 Å². The summed E-state index contributed by atoms with van der Waals surface area (Å²) in [5.74, 6) is 1.99. The van der Waals surface area contributed by atoms with E-state index in [-0.39, 0.29) is 11.9 Å². The summed E-state index contributed by atoms with van der Waals surface area (Å²) in [6.07, 6.45) is 5.90. The van der Waals surface area contributed by atoms with Crippen LogP contribution in [0.25, 0.3) is 0 Å². The average Bonchev–Trinajstić information content (AvgIpc) is 3.08. The molecule has 1 aliphatic heterocycles. The van der Waals surface area contributed by atoms with Crippen molar-refractivity contribution in [3.05, 3.63) is 23.3 Å². The van der Waals surface area contributed by atoms with Crippen LogP contribution < -0.4 is 0 Å². The van der Waals surface area contributed by atoms with Gasteiger partial charge in [-0.3, -0.25) is 4.79 Å². The quantitative estimate of drug-likeness (QED) is 0.842. The van der Waals surface area contributed by atoms with Gasteiger partial charge in [-0.2, -0.15) is 0 Å². The monoisotopic (exact) mass is 290 g/mol. The topological polar surface area (TPSA) is 60.3 Å². The average molecular weight is 290 g/mol. The van der Waals surface area contributed by atoms with E-state index in [9.17, 15) is 4.79 Å². The Hall–Kier alpha value is -1.69. The van der Waals surface area contributed by atoms with Crippen LogP contribution in [0, 0.1) is 0 Å². The van der Waals surface area contributed by atoms with Crippen molar-refractivity contribution >= 4 is 5.91 Å². The Kier molecular flexibility index (Phi) is 4.05. The fraction of sp³-hybridized carbons (Fsp3) is 0.667. The number of carbonyl (C=O) groups is 1. The maximum atomic E-state index is 12.6. The summed E-state index contributed by atoms with van der Waals surface area (Å²) < 4.78 is 7.26. The molecule has 1 aromatic rings. The lowest BCUT2D eigenvalue weighted by Crippen LogP contribution is -2.40. The van der Waals surface area contributed by atoms with Crippen LogP contribution in [0.5, 0.6) is 0 Å². The molecule has 0 saturated carbocycles. The lowest BCUT2D eigenvalue weighted by Gasteiger charge is -2.27. The first kappa shape index (κ1) is 14.3. The number of hydrogen-bond donors (Lipinski definition) is 0. The maximum Gasteiger partial charge on any atom is 0.249 e. The minimum atomic E-state index is 0.153. The van der Waals surface area contributed by atoms with Crippen molar-refractivity contribution in [1.29, 1.82) is 0 Å². The zero-order chi connectivity index (χ0) is 14.8. The van der Waals surface area contributed by atoms with E-state index in [4.69, 9.17) is 4.74 Å². The zero-order valence-corrected chi connectivity index (χ0v) is 12.7. The summed E-state index contributed by atoms with van der Waals surface area (Å²) in [4.78, 5) is 14.6. The molecule has 0 N–H and O–H groups in total. The lowest BCUT2D eigenvalue weighted by molar-refractivity contribution is -0.129. The van der Waals surface area contributed by atoms with Crippen LogP contribution in [-0.2, 0) is 29.1 Å². The van der Waals surface area contributed by atoms with E-state index in [0.29, 0.717) is 13.2 Å². The van der Waals surface area contributed by atoms with Crippen molar-refractivity contribution in [2.75, 3.05) is 13.7 Å². The molecule has 1 atom stereocenters. The van der Waals surface area contributed by atoms with Gasteiger partial charge in [0.25, 0.3) is 0 Å². The fourth-order valence-corrected chi connectivity index (χ4v) is 3.17. The highest BCUT2D eigenvalue weighted by Crippen LogP contribution is 2.23. The SMILES string of the molecule is COCc1nnc2n1CCN(C(=O)C1=CCCC1)[C@H](C)C2. The molecule has 6 heteroatoms. The van der Waals surface area contributed by atoms with E-state index in [0.717, 1.165) is 49.4 Å². The first-order valence-electron chi connectivity index (χ1n) is 7.60. The number of allylic oxidation sites excluding steroid dienone is 1. The molecule has 3 rings (SSSR count). The molecule has 6 nitrogen and oxygen atoms in total. The third-order valence-corrected chi connectivity index (χ3v) is 4.33. The molecular weight excluding hydrogens is 268 g/mol. The molecule has 1 amide bonds. The molecule has 2 aliphatic rings. The van der Waals surface area contributed by atoms with Crippen molar-refractivity contribution in [3.63, 3.8) is 0 Å². The third-order valence-electron chi connectivity index (χ3n) is 4.33. The van der Waals surface area contributed by atoms with Crippen LogP contribution in [0.4, 0.5) is 0 Å². The van der Waals surface area contributed by atoms with Crippen molar-refractivity contribution in [1.82, 2.24) is 19.7 Å². The van der Waals surface area contributed by atoms with Crippen molar-refractivity contribution < 1.29 is 9.53 Å². The molecular formula is C15H22N4O2. The highest BCUT2D eigenvalue weighted by molar-refractivity contribution is 5.94. The normalized spacial score (nSPS) is 21.9. The van der Waals surface area contributed by atoms with Crippen LogP contribution in [0.3, 0.4) is 0 Å². The van der Waals surface area contributed by atoms with Crippen molar-refractivity contribution in [3.8, 4) is 0 Å². The van der Waals surface area contributed by atoms with E-state index in [2.05, 4.69) is 27.8 Å². The summed E-state index contributed by atoms with van der Waals surface area (Å²) >= 11 is 0. The molecule has 0 saturated heterocycles. The predicted octanol–water partition coefficient (Wildman–Crippen LogP) is 1.31. The zero-order valence-electron chi connectivity index (χ0n) is 12.7. The molecule has 2 heterocycles. The first-order chi connectivity index (χ1) is 10.2. The molecule has 0 bridgehead atoms. The number of amides is 1. The first-order valence-corrected chi connectivity index (χ1v) is 7.60. The van der Waals surface area contributed by atoms with Gasteiger partial charge in [-0.1, -0.05) is 6.08 Å². The van der Waals surface area contributed by atoms with Crippen LogP contribution in [0.15, 0.2) is 11.6 Å². The van der Waals surface area contributed by atoms with Gasteiger partial charge in [0.05, 0.1) is 0 Å². The molecule has 0 unspecified atom stereocenters. The van der Waals surface area contributed by atoms with Gasteiger partial charge in [0.1, 0.15) is 12.4 Å². The van der Waals surface area contributed by atoms with Gasteiger partial charge in [-0.15, -0.1) is 10.2 Å². The minimum absolute atomic E-state index is 0.153. The van der Waals surface area contributed by atoms with Crippen LogP contribution in [-0.4, -0.2) is 45.3 Å². The number of nitrogens with zero attached hydrogens (tertiary/aromatic N) is 4. The van der Waals surface area contributed by atoms with E-state index in [1.807, 2.05) is 4.90 Å². The maximum absolute atomic E-state index is 12.6. The second-order valence-corrected chi connectivity index (χ2v) is 5.79. The Labute approximate surface area is 124 Å². The molecule has 114 valence electrons. The number of hydrogen-bond acceptors (Lipinski definition) is 4. The van der Waals surface area contributed by atoms with Crippen molar-refractivity contribution in [2.24, 2.45) is 0 Å². The Balaban J connectivity index is 1.78. The van der Waals surface area contributed by atoms with Gasteiger partial charge in [0.15, 0.2) is 5.82 Å². The summed E-state index contributed by atoms with van der Waals surface area (Å²) in [7, 11) is 1.66. The predicted molar refractivity (Wildman–Crippen MR) is 77.5 cm³/mol. The number of rotatable bonds is 3. The van der Waals surface area contributed by atoms with Crippen LogP contribution in [0.1, 0.15) is 37.8 Å². The molecule has 0 fully saturated rings. The lowest BCUT2D eigenvalue weighted by atomic mass is 10.1. The molecule has 0 aromatic carbocycles. The highest BCUT2D eigenvalue weighted by atomic mass is 16.5. The Bertz CT molecular complexity index is 564. The second kappa shape index (κ2) is 5.97. The number of ether oxygens (including phenoxy) is 1. The smallest absolute Gasteiger partial charge is 0.249 e. The van der Waals surface area contributed by atoms with Crippen LogP contribution >= 0.6 is 0 Å². The summed E-state index contributed by atoms with van der Waals surface area (Å²) in [6.45, 7) is 4.00. The van der Waals surface area contributed by atoms with Gasteiger partial charge in [0, 0.05) is 38.2 Å².